The summed E-state index contributed by atoms with van der Waals surface area (Å²) in [4.78, 5) is 72.2. The lowest BCUT2D eigenvalue weighted by atomic mass is 9.86. The molecule has 4 fully saturated rings. The molecule has 10 aromatic carbocycles. The van der Waals surface area contributed by atoms with Gasteiger partial charge in [-0.2, -0.15) is 0 Å². The molecule has 0 radical (unpaired) electrons. The van der Waals surface area contributed by atoms with Gasteiger partial charge in [-0.1, -0.05) is 299 Å². The number of aliphatic imine (C=N–C) groups is 16. The number of hydrogen-bond acceptors (Lipinski definition) is 16. The molecule has 772 valence electrons. The second-order valence-electron chi connectivity index (χ2n) is 41.4. The predicted molar refractivity (Wildman–Crippen MR) is 647 cm³/mol. The Morgan fingerprint density at radius 3 is 0.788 bits per heavy atom. The first kappa shape index (κ1) is 120. The lowest BCUT2D eigenvalue weighted by molar-refractivity contribution is 0.442. The molecule has 14 rings (SSSR count). The van der Waals surface area contributed by atoms with E-state index in [-0.39, 0.29) is 10.8 Å². The smallest absolute Gasteiger partial charge is 0.0691 e. The van der Waals surface area contributed by atoms with Crippen LogP contribution in [-0.2, 0) is 10.8 Å². The largest absolute Gasteiger partial charge is 0.289 e. The van der Waals surface area contributed by atoms with Crippen molar-refractivity contribution < 1.29 is 0 Å². The average Bonchev–Trinajstić information content (AvgIpc) is 0.805. The molecule has 0 amide bonds. The van der Waals surface area contributed by atoms with E-state index in [0.717, 1.165) is 68.3 Å². The topological polar surface area (TPSA) is 198 Å². The second-order valence-corrected chi connectivity index (χ2v) is 41.4. The molecule has 0 unspecified atom stereocenters. The van der Waals surface area contributed by atoms with Crippen LogP contribution in [0.4, 0.5) is 56.9 Å². The van der Waals surface area contributed by atoms with Crippen LogP contribution in [0.1, 0.15) is 303 Å². The maximum atomic E-state index is 4.89. The van der Waals surface area contributed by atoms with E-state index in [0.29, 0.717) is 36.3 Å². The second kappa shape index (κ2) is 66.1. The molecule has 16 heteroatoms. The van der Waals surface area contributed by atoms with Crippen molar-refractivity contribution in [1.82, 2.24) is 0 Å². The van der Waals surface area contributed by atoms with Crippen LogP contribution < -0.4 is 0 Å². The van der Waals surface area contributed by atoms with E-state index in [2.05, 4.69) is 283 Å². The maximum Gasteiger partial charge on any atom is 0.0691 e. The van der Waals surface area contributed by atoms with Gasteiger partial charge in [0.2, 0.25) is 0 Å². The number of para-hydroxylation sites is 6. The minimum absolute atomic E-state index is 0.0733. The highest BCUT2D eigenvalue weighted by atomic mass is 14.9. The molecule has 0 aliphatic heterocycles. The van der Waals surface area contributed by atoms with Gasteiger partial charge in [-0.05, 0) is 317 Å². The Morgan fingerprint density at radius 1 is 0.240 bits per heavy atom. The third-order valence-corrected chi connectivity index (χ3v) is 25.3. The van der Waals surface area contributed by atoms with Crippen LogP contribution in [0.15, 0.2) is 298 Å². The first-order chi connectivity index (χ1) is 70.0. The highest BCUT2D eigenvalue weighted by Crippen LogP contribution is 2.35. The molecule has 0 spiro atoms. The third-order valence-electron chi connectivity index (χ3n) is 25.3. The molecule has 0 atom stereocenters. The number of nitrogens with zero attached hydrogens (tertiary/aromatic N) is 16. The van der Waals surface area contributed by atoms with Crippen LogP contribution in [0.2, 0.25) is 0 Å². The normalized spacial score (nSPS) is 15.3. The van der Waals surface area contributed by atoms with Gasteiger partial charge in [0.25, 0.3) is 0 Å². The molecule has 10 aromatic rings. The number of hydrogen-bond donors (Lipinski definition) is 0. The molecular weight excluding hydrogens is 1790 g/mol. The minimum Gasteiger partial charge on any atom is -0.289 e. The molecule has 0 N–H and O–H groups in total. The Morgan fingerprint density at radius 2 is 0.500 bits per heavy atom. The van der Waals surface area contributed by atoms with Crippen molar-refractivity contribution in [3.05, 3.63) is 296 Å². The van der Waals surface area contributed by atoms with Gasteiger partial charge in [0, 0.05) is 98.7 Å². The van der Waals surface area contributed by atoms with Gasteiger partial charge in [0.15, 0.2) is 0 Å². The van der Waals surface area contributed by atoms with Crippen molar-refractivity contribution in [2.24, 2.45) is 79.9 Å². The van der Waals surface area contributed by atoms with Gasteiger partial charge in [-0.25, -0.2) is 0 Å². The summed E-state index contributed by atoms with van der Waals surface area (Å²) in [7, 11) is 0. The lowest BCUT2D eigenvalue weighted by Crippen LogP contribution is -2.18. The number of benzene rings is 10. The molecule has 146 heavy (non-hydrogen) atoms. The number of aryl methyl sites for hydroxylation is 12. The Kier molecular flexibility index (Phi) is 54.3. The third kappa shape index (κ3) is 47.8. The monoisotopic (exact) mass is 1960 g/mol. The summed E-state index contributed by atoms with van der Waals surface area (Å²) in [5, 5.41) is 0. The Hall–Kier alpha value is -13.1. The predicted octanol–water partition coefficient (Wildman–Crippen LogP) is 36.3. The van der Waals surface area contributed by atoms with Crippen LogP contribution in [0.3, 0.4) is 0 Å². The molecule has 0 aromatic heterocycles. The number of rotatable bonds is 24. The molecule has 4 saturated carbocycles. The summed E-state index contributed by atoms with van der Waals surface area (Å²) < 4.78 is 0. The fourth-order valence-corrected chi connectivity index (χ4v) is 17.2. The lowest BCUT2D eigenvalue weighted by Gasteiger charge is -2.21. The highest BCUT2D eigenvalue weighted by Gasteiger charge is 2.21. The standard InChI is InChI=1S/C22H28N2.2C20H24N2.C16H16N2.C16H28N2.C14H24N2.C14H12N2.C8H16N2/c1-21(2,3)17-11-7-9-13-19(17)23-15-16-24-20-14-10-8-12-18(20)22(4,5)6;1-13-9-7-10-14(2)19(13)21-17(5)18(6)22-20-15(3)11-8-12-16(20)4;1-13-9-15(3)19(16(4)10-13)21-7-8-22-20-17(5)11-14(2)12-18(20)6;1-13-3-7-15(8-4-13)17-11-12-18-16-9-5-14(2)6-10-16;1-13(17-15-9-5-3-6-10-15)14(2)18-16-11-7-4-8-12-16;2*1-3-7-13(8-4-1)15-11-12-16-14-9-5-2-6-10-14;1-7(2)9-5-6-10-8(3)4/h7-16H,1-6H3;2*7-12H,1-6H3;3-12H,1-2H3;15-16H,3-12H2,1-2H3;11-14H,1-10H2;1-12H;5-8H,1-4H3. The van der Waals surface area contributed by atoms with Crippen LogP contribution in [0.25, 0.3) is 0 Å². The fraction of sp³-hybridized carbons (Fsp3) is 0.415. The highest BCUT2D eigenvalue weighted by molar-refractivity contribution is 6.42. The van der Waals surface area contributed by atoms with Crippen LogP contribution in [0.5, 0.6) is 0 Å². The Bertz CT molecular complexity index is 5610. The van der Waals surface area contributed by atoms with Gasteiger partial charge in [0.1, 0.15) is 0 Å². The summed E-state index contributed by atoms with van der Waals surface area (Å²) in [6.45, 7) is 54.8. The van der Waals surface area contributed by atoms with Crippen LogP contribution in [-0.4, -0.2) is 134 Å². The molecule has 0 saturated heterocycles. The molecular formula is C130H172N16. The van der Waals surface area contributed by atoms with E-state index in [1.54, 1.807) is 62.1 Å². The van der Waals surface area contributed by atoms with E-state index in [9.17, 15) is 0 Å². The summed E-state index contributed by atoms with van der Waals surface area (Å²) in [6.07, 6.45) is 48.2. The summed E-state index contributed by atoms with van der Waals surface area (Å²) in [5.41, 5.74) is 31.4. The van der Waals surface area contributed by atoms with E-state index >= 15 is 0 Å². The van der Waals surface area contributed by atoms with E-state index < -0.39 is 0 Å². The quantitative estimate of drug-likeness (QED) is 0.0519. The van der Waals surface area contributed by atoms with Crippen molar-refractivity contribution >= 4 is 154 Å². The average molecular weight is 1960 g/mol. The van der Waals surface area contributed by atoms with Gasteiger partial charge >= 0.3 is 0 Å². The van der Waals surface area contributed by atoms with Crippen molar-refractivity contribution in [2.45, 2.75) is 356 Å². The van der Waals surface area contributed by atoms with E-state index in [1.165, 1.54) is 218 Å². The van der Waals surface area contributed by atoms with Crippen molar-refractivity contribution in [3.8, 4) is 0 Å². The minimum atomic E-state index is 0.0733. The van der Waals surface area contributed by atoms with Crippen LogP contribution in [0, 0.1) is 83.1 Å². The maximum absolute atomic E-state index is 4.89. The zero-order valence-corrected chi connectivity index (χ0v) is 93.5. The zero-order valence-electron chi connectivity index (χ0n) is 93.5. The van der Waals surface area contributed by atoms with Gasteiger partial charge in [-0.3, -0.25) is 79.9 Å². The molecule has 0 heterocycles. The summed E-state index contributed by atoms with van der Waals surface area (Å²) in [5.74, 6) is 0. The molecule has 0 bridgehead atoms. The van der Waals surface area contributed by atoms with Crippen molar-refractivity contribution in [1.29, 1.82) is 0 Å². The van der Waals surface area contributed by atoms with Gasteiger partial charge in [0.05, 0.1) is 91.8 Å². The summed E-state index contributed by atoms with van der Waals surface area (Å²) >= 11 is 0. The SMILES string of the molecule is C(C=NC1CCCCC1)=NC1CCCCC1.C(C=Nc1ccccc1)=Nc1ccccc1.CC(=NC1CCCCC1)C(C)=NC1CCCCC1.CC(=Nc1c(C)cccc1C)C(C)=Nc1c(C)cccc1C.CC(C)(C)c1ccccc1N=CC=Nc1ccccc1C(C)(C)C.CC(C)N=CC=NC(C)C.Cc1cc(C)c(N=CC=Nc2c(C)cc(C)cc2C)c(C)c1.Cc1ccc(N=CC=Nc2ccc(C)cc2)cc1. The van der Waals surface area contributed by atoms with Gasteiger partial charge in [-0.15, -0.1) is 0 Å². The van der Waals surface area contributed by atoms with E-state index in [1.807, 2.05) is 187 Å². The van der Waals surface area contributed by atoms with Crippen molar-refractivity contribution in [3.63, 3.8) is 0 Å². The Balaban J connectivity index is 0.000000228. The molecule has 16 nitrogen and oxygen atoms in total. The summed E-state index contributed by atoms with van der Waals surface area (Å²) in [6, 6.07) is 76.5. The molecule has 4 aliphatic rings. The van der Waals surface area contributed by atoms with Crippen LogP contribution >= 0.6 is 0 Å². The fourth-order valence-electron chi connectivity index (χ4n) is 17.2. The zero-order chi connectivity index (χ0) is 106. The molecule has 4 aliphatic carbocycles. The Labute approximate surface area is 880 Å². The van der Waals surface area contributed by atoms with E-state index in [4.69, 9.17) is 20.0 Å². The van der Waals surface area contributed by atoms with Crippen molar-refractivity contribution in [2.75, 3.05) is 0 Å². The first-order valence-electron chi connectivity index (χ1n) is 53.3. The first-order valence-corrected chi connectivity index (χ1v) is 53.3. The van der Waals surface area contributed by atoms with Gasteiger partial charge < -0.3 is 0 Å².